The highest BCUT2D eigenvalue weighted by Crippen LogP contribution is 2.30. The number of rotatable bonds is 3. The van der Waals surface area contributed by atoms with E-state index >= 15 is 0 Å². The maximum atomic E-state index is 13.9. The number of aryl methyl sites for hydroxylation is 2. The molecule has 2 aromatic rings. The Balaban J connectivity index is 2.36. The van der Waals surface area contributed by atoms with Crippen molar-refractivity contribution in [3.63, 3.8) is 0 Å². The third kappa shape index (κ3) is 2.93. The number of aromatic nitrogens is 1. The van der Waals surface area contributed by atoms with Crippen molar-refractivity contribution in [1.29, 1.82) is 0 Å². The van der Waals surface area contributed by atoms with Crippen molar-refractivity contribution in [3.8, 4) is 11.6 Å². The molecule has 100 valence electrons. The molecular formula is C14H13BrFNO2. The topological polar surface area (TPSA) is 42.4 Å². The molecule has 0 saturated heterocycles. The second-order valence-corrected chi connectivity index (χ2v) is 5.01. The fourth-order valence-corrected chi connectivity index (χ4v) is 1.96. The molecule has 1 N–H and O–H groups in total. The largest absolute Gasteiger partial charge is 0.436 e. The average molecular weight is 326 g/mol. The Morgan fingerprint density at radius 1 is 1.32 bits per heavy atom. The summed E-state index contributed by atoms with van der Waals surface area (Å²) in [6, 6.07) is 5.01. The number of nitrogens with zero attached hydrogens (tertiary/aromatic N) is 1. The molecule has 0 atom stereocenters. The number of ether oxygens (including phenoxy) is 1. The summed E-state index contributed by atoms with van der Waals surface area (Å²) in [6.07, 6.45) is 1.41. The molecule has 0 aliphatic heterocycles. The lowest BCUT2D eigenvalue weighted by molar-refractivity contribution is 0.273. The quantitative estimate of drug-likeness (QED) is 0.931. The number of hydrogen-bond acceptors (Lipinski definition) is 3. The molecule has 1 aromatic heterocycles. The van der Waals surface area contributed by atoms with Gasteiger partial charge in [0.05, 0.1) is 6.61 Å². The van der Waals surface area contributed by atoms with Crippen LogP contribution in [0.25, 0.3) is 0 Å². The van der Waals surface area contributed by atoms with Crippen LogP contribution in [0.1, 0.15) is 16.7 Å². The molecule has 3 nitrogen and oxygen atoms in total. The summed E-state index contributed by atoms with van der Waals surface area (Å²) in [5, 5.41) is 9.00. The lowest BCUT2D eigenvalue weighted by atomic mass is 10.1. The van der Waals surface area contributed by atoms with E-state index in [-0.39, 0.29) is 18.1 Å². The first-order valence-electron chi connectivity index (χ1n) is 5.71. The molecule has 0 aliphatic rings. The molecule has 19 heavy (non-hydrogen) atoms. The first-order valence-corrected chi connectivity index (χ1v) is 6.51. The van der Waals surface area contributed by atoms with Gasteiger partial charge in [-0.05, 0) is 43.2 Å². The Morgan fingerprint density at radius 3 is 2.53 bits per heavy atom. The Labute approximate surface area is 119 Å². The van der Waals surface area contributed by atoms with Crippen molar-refractivity contribution in [1.82, 2.24) is 4.98 Å². The van der Waals surface area contributed by atoms with Crippen LogP contribution in [0, 0.1) is 19.7 Å². The predicted molar refractivity (Wildman–Crippen MR) is 73.8 cm³/mol. The molecule has 1 aromatic carbocycles. The fourth-order valence-electron chi connectivity index (χ4n) is 1.73. The van der Waals surface area contributed by atoms with Crippen LogP contribution < -0.4 is 4.74 Å². The third-order valence-corrected chi connectivity index (χ3v) is 3.98. The standard InChI is InChI=1S/C14H13BrFNO2/c1-8-5-11(6-9(2)12(8)15)19-14-13(16)10(7-18)3-4-17-14/h3-6,18H,7H2,1-2H3. The normalized spacial score (nSPS) is 10.6. The molecule has 0 aliphatic carbocycles. The molecule has 1 heterocycles. The van der Waals surface area contributed by atoms with Crippen LogP contribution in [0.4, 0.5) is 4.39 Å². The van der Waals surface area contributed by atoms with Crippen LogP contribution in [0.2, 0.25) is 0 Å². The van der Waals surface area contributed by atoms with Crippen molar-refractivity contribution in [2.45, 2.75) is 20.5 Å². The molecule has 0 unspecified atom stereocenters. The highest BCUT2D eigenvalue weighted by atomic mass is 79.9. The van der Waals surface area contributed by atoms with Gasteiger partial charge in [-0.15, -0.1) is 0 Å². The van der Waals surface area contributed by atoms with Crippen molar-refractivity contribution in [2.24, 2.45) is 0 Å². The fraction of sp³-hybridized carbons (Fsp3) is 0.214. The summed E-state index contributed by atoms with van der Waals surface area (Å²) >= 11 is 3.46. The van der Waals surface area contributed by atoms with E-state index in [1.54, 1.807) is 12.1 Å². The van der Waals surface area contributed by atoms with Gasteiger partial charge < -0.3 is 9.84 Å². The van der Waals surface area contributed by atoms with Gasteiger partial charge in [0.1, 0.15) is 5.75 Å². The zero-order valence-corrected chi connectivity index (χ0v) is 12.2. The van der Waals surface area contributed by atoms with E-state index in [9.17, 15) is 4.39 Å². The highest BCUT2D eigenvalue weighted by Gasteiger charge is 2.12. The van der Waals surface area contributed by atoms with Gasteiger partial charge in [-0.1, -0.05) is 15.9 Å². The van der Waals surface area contributed by atoms with Crippen LogP contribution in [-0.2, 0) is 6.61 Å². The number of pyridine rings is 1. The van der Waals surface area contributed by atoms with Crippen LogP contribution in [-0.4, -0.2) is 10.1 Å². The van der Waals surface area contributed by atoms with E-state index < -0.39 is 5.82 Å². The first-order chi connectivity index (χ1) is 9.02. The van der Waals surface area contributed by atoms with Crippen molar-refractivity contribution in [2.75, 3.05) is 0 Å². The smallest absolute Gasteiger partial charge is 0.256 e. The van der Waals surface area contributed by atoms with Gasteiger partial charge in [0, 0.05) is 16.2 Å². The van der Waals surface area contributed by atoms with E-state index in [0.717, 1.165) is 15.6 Å². The SMILES string of the molecule is Cc1cc(Oc2nccc(CO)c2F)cc(C)c1Br. The van der Waals surface area contributed by atoms with Crippen LogP contribution in [0.3, 0.4) is 0 Å². The van der Waals surface area contributed by atoms with Gasteiger partial charge in [0.15, 0.2) is 5.82 Å². The summed E-state index contributed by atoms with van der Waals surface area (Å²) in [5.74, 6) is -0.254. The maximum absolute atomic E-state index is 13.9. The van der Waals surface area contributed by atoms with Gasteiger partial charge in [-0.25, -0.2) is 9.37 Å². The van der Waals surface area contributed by atoms with Crippen LogP contribution in [0.5, 0.6) is 11.6 Å². The lowest BCUT2D eigenvalue weighted by Gasteiger charge is -2.10. The molecule has 0 radical (unpaired) electrons. The minimum Gasteiger partial charge on any atom is -0.436 e. The van der Waals surface area contributed by atoms with Crippen LogP contribution in [0.15, 0.2) is 28.9 Å². The van der Waals surface area contributed by atoms with Gasteiger partial charge >= 0.3 is 0 Å². The highest BCUT2D eigenvalue weighted by molar-refractivity contribution is 9.10. The van der Waals surface area contributed by atoms with E-state index in [1.807, 2.05) is 13.8 Å². The second kappa shape index (κ2) is 5.67. The summed E-state index contributed by atoms with van der Waals surface area (Å²) in [7, 11) is 0. The Kier molecular flexibility index (Phi) is 4.17. The first kappa shape index (κ1) is 14.0. The van der Waals surface area contributed by atoms with Crippen LogP contribution >= 0.6 is 15.9 Å². The molecule has 0 spiro atoms. The molecule has 0 bridgehead atoms. The minimum absolute atomic E-state index is 0.132. The minimum atomic E-state index is -0.636. The molecule has 0 amide bonds. The van der Waals surface area contributed by atoms with Gasteiger partial charge in [-0.2, -0.15) is 0 Å². The average Bonchev–Trinajstić information content (AvgIpc) is 2.38. The predicted octanol–water partition coefficient (Wildman–Crippen LogP) is 3.88. The zero-order valence-electron chi connectivity index (χ0n) is 10.6. The molecule has 0 fully saturated rings. The number of benzene rings is 1. The van der Waals surface area contributed by atoms with E-state index in [0.29, 0.717) is 5.75 Å². The number of aliphatic hydroxyl groups is 1. The molecular weight excluding hydrogens is 313 g/mol. The van der Waals surface area contributed by atoms with Crippen molar-refractivity contribution >= 4 is 15.9 Å². The summed E-state index contributed by atoms with van der Waals surface area (Å²) in [6.45, 7) is 3.47. The number of aliphatic hydroxyl groups excluding tert-OH is 1. The zero-order chi connectivity index (χ0) is 14.0. The Morgan fingerprint density at radius 2 is 1.95 bits per heavy atom. The summed E-state index contributed by atoms with van der Waals surface area (Å²) in [4.78, 5) is 3.84. The van der Waals surface area contributed by atoms with E-state index in [4.69, 9.17) is 9.84 Å². The summed E-state index contributed by atoms with van der Waals surface area (Å²) < 4.78 is 20.3. The second-order valence-electron chi connectivity index (χ2n) is 4.22. The van der Waals surface area contributed by atoms with E-state index in [2.05, 4.69) is 20.9 Å². The molecule has 5 heteroatoms. The summed E-state index contributed by atoms with van der Waals surface area (Å²) in [5.41, 5.74) is 2.15. The Bertz CT molecular complexity index is 593. The maximum Gasteiger partial charge on any atom is 0.256 e. The Hall–Kier alpha value is -1.46. The number of halogens is 2. The number of hydrogen-bond donors (Lipinski definition) is 1. The lowest BCUT2D eigenvalue weighted by Crippen LogP contribution is -1.97. The monoisotopic (exact) mass is 325 g/mol. The van der Waals surface area contributed by atoms with Gasteiger partial charge in [-0.3, -0.25) is 0 Å². The molecule has 0 saturated carbocycles. The van der Waals surface area contributed by atoms with Gasteiger partial charge in [0.2, 0.25) is 0 Å². The third-order valence-electron chi connectivity index (χ3n) is 2.73. The van der Waals surface area contributed by atoms with Crippen molar-refractivity contribution < 1.29 is 14.2 Å². The molecule has 2 rings (SSSR count). The van der Waals surface area contributed by atoms with Gasteiger partial charge in [0.25, 0.3) is 5.88 Å². The van der Waals surface area contributed by atoms with E-state index in [1.165, 1.54) is 12.3 Å². The van der Waals surface area contributed by atoms with Crippen molar-refractivity contribution in [3.05, 3.63) is 51.4 Å².